The lowest BCUT2D eigenvalue weighted by atomic mass is 10.1. The summed E-state index contributed by atoms with van der Waals surface area (Å²) in [5, 5.41) is 0. The molecule has 112 valence electrons. The van der Waals surface area contributed by atoms with Gasteiger partial charge >= 0.3 is 0 Å². The van der Waals surface area contributed by atoms with E-state index in [1.807, 2.05) is 34.9 Å². The van der Waals surface area contributed by atoms with Crippen LogP contribution in [0.4, 0.5) is 5.69 Å². The van der Waals surface area contributed by atoms with E-state index in [0.717, 1.165) is 30.6 Å². The predicted molar refractivity (Wildman–Crippen MR) is 81.3 cm³/mol. The number of amides is 2. The van der Waals surface area contributed by atoms with Crippen LogP contribution in [0.15, 0.2) is 18.2 Å². The molecule has 21 heavy (non-hydrogen) atoms. The Kier molecular flexibility index (Phi) is 3.68. The fraction of sp³-hybridized carbons (Fsp3) is 0.500. The summed E-state index contributed by atoms with van der Waals surface area (Å²) in [7, 11) is 0. The number of nitrogens with zero attached hydrogens (tertiary/aromatic N) is 2. The van der Waals surface area contributed by atoms with Gasteiger partial charge in [-0.3, -0.25) is 9.59 Å². The summed E-state index contributed by atoms with van der Waals surface area (Å²) in [4.78, 5) is 28.0. The van der Waals surface area contributed by atoms with Gasteiger partial charge in [0.1, 0.15) is 0 Å². The quantitative estimate of drug-likeness (QED) is 0.887. The molecule has 3 rings (SSSR count). The zero-order chi connectivity index (χ0) is 15.0. The van der Waals surface area contributed by atoms with Crippen molar-refractivity contribution < 1.29 is 9.59 Å². The van der Waals surface area contributed by atoms with Gasteiger partial charge in [0.15, 0.2) is 0 Å². The van der Waals surface area contributed by atoms with Crippen molar-refractivity contribution in [2.45, 2.75) is 32.2 Å². The van der Waals surface area contributed by atoms with Crippen molar-refractivity contribution in [3.05, 3.63) is 29.3 Å². The molecule has 0 spiro atoms. The first-order valence-corrected chi connectivity index (χ1v) is 7.58. The van der Waals surface area contributed by atoms with Gasteiger partial charge in [-0.25, -0.2) is 0 Å². The Morgan fingerprint density at radius 2 is 2.14 bits per heavy atom. The number of hydrogen-bond acceptors (Lipinski definition) is 3. The Labute approximate surface area is 124 Å². The van der Waals surface area contributed by atoms with Gasteiger partial charge in [0.05, 0.1) is 0 Å². The van der Waals surface area contributed by atoms with Crippen molar-refractivity contribution in [1.29, 1.82) is 0 Å². The van der Waals surface area contributed by atoms with E-state index < -0.39 is 0 Å². The number of rotatable bonds is 2. The molecule has 0 saturated carbocycles. The average Bonchev–Trinajstić information content (AvgIpc) is 3.11. The van der Waals surface area contributed by atoms with E-state index >= 15 is 0 Å². The van der Waals surface area contributed by atoms with E-state index in [9.17, 15) is 9.59 Å². The number of nitrogens with two attached hydrogens (primary N) is 1. The lowest BCUT2D eigenvalue weighted by Gasteiger charge is -2.18. The smallest absolute Gasteiger partial charge is 0.253 e. The molecule has 2 aliphatic heterocycles. The first-order chi connectivity index (χ1) is 10.1. The number of carbonyl (C=O) groups is 2. The number of hydrogen-bond donors (Lipinski definition) is 1. The molecular formula is C16H21N3O2. The molecule has 1 saturated heterocycles. The number of anilines is 1. The van der Waals surface area contributed by atoms with E-state index in [2.05, 4.69) is 0 Å². The molecule has 5 heteroatoms. The Morgan fingerprint density at radius 1 is 1.33 bits per heavy atom. The molecule has 1 atom stereocenters. The number of benzene rings is 1. The minimum absolute atomic E-state index is 0.0472. The third-order valence-corrected chi connectivity index (χ3v) is 4.34. The zero-order valence-corrected chi connectivity index (χ0v) is 12.3. The summed E-state index contributed by atoms with van der Waals surface area (Å²) < 4.78 is 0. The maximum atomic E-state index is 12.5. The summed E-state index contributed by atoms with van der Waals surface area (Å²) in [6.07, 6.45) is 2.20. The minimum atomic E-state index is 0.0472. The van der Waals surface area contributed by atoms with E-state index in [1.165, 1.54) is 0 Å². The van der Waals surface area contributed by atoms with Crippen LogP contribution in [0.5, 0.6) is 0 Å². The molecule has 0 unspecified atom stereocenters. The zero-order valence-electron chi connectivity index (χ0n) is 12.3. The summed E-state index contributed by atoms with van der Waals surface area (Å²) >= 11 is 0. The first-order valence-electron chi connectivity index (χ1n) is 7.58. The van der Waals surface area contributed by atoms with Gasteiger partial charge in [0, 0.05) is 43.3 Å². The summed E-state index contributed by atoms with van der Waals surface area (Å²) in [5.41, 5.74) is 8.61. The second-order valence-corrected chi connectivity index (χ2v) is 5.79. The van der Waals surface area contributed by atoms with E-state index in [-0.39, 0.29) is 17.9 Å². The molecule has 0 bridgehead atoms. The monoisotopic (exact) mass is 287 g/mol. The van der Waals surface area contributed by atoms with Gasteiger partial charge < -0.3 is 15.5 Å². The minimum Gasteiger partial charge on any atom is -0.337 e. The van der Waals surface area contributed by atoms with Crippen LogP contribution in [-0.2, 0) is 11.2 Å². The third-order valence-electron chi connectivity index (χ3n) is 4.34. The van der Waals surface area contributed by atoms with Gasteiger partial charge in [0.25, 0.3) is 5.91 Å². The summed E-state index contributed by atoms with van der Waals surface area (Å²) in [6.45, 7) is 3.96. The maximum absolute atomic E-state index is 12.5. The second-order valence-electron chi connectivity index (χ2n) is 5.79. The number of likely N-dealkylation sites (tertiary alicyclic amines) is 1. The van der Waals surface area contributed by atoms with Crippen LogP contribution in [0.25, 0.3) is 0 Å². The fourth-order valence-electron chi connectivity index (χ4n) is 3.14. The molecular weight excluding hydrogens is 266 g/mol. The molecule has 0 aromatic heterocycles. The lowest BCUT2D eigenvalue weighted by Crippen LogP contribution is -2.32. The van der Waals surface area contributed by atoms with Crippen molar-refractivity contribution in [1.82, 2.24) is 4.90 Å². The Morgan fingerprint density at radius 3 is 2.81 bits per heavy atom. The molecule has 1 aromatic rings. The van der Waals surface area contributed by atoms with Crippen molar-refractivity contribution in [3.63, 3.8) is 0 Å². The van der Waals surface area contributed by atoms with Gasteiger partial charge in [-0.1, -0.05) is 6.92 Å². The molecule has 2 aliphatic rings. The van der Waals surface area contributed by atoms with Crippen molar-refractivity contribution >= 4 is 17.5 Å². The Bertz CT molecular complexity index is 585. The first kappa shape index (κ1) is 14.1. The van der Waals surface area contributed by atoms with Crippen LogP contribution in [0.2, 0.25) is 0 Å². The largest absolute Gasteiger partial charge is 0.337 e. The van der Waals surface area contributed by atoms with Gasteiger partial charge in [-0.15, -0.1) is 0 Å². The second kappa shape index (κ2) is 5.48. The van der Waals surface area contributed by atoms with Crippen LogP contribution in [-0.4, -0.2) is 42.4 Å². The van der Waals surface area contributed by atoms with Crippen LogP contribution < -0.4 is 10.6 Å². The highest BCUT2D eigenvalue weighted by atomic mass is 16.2. The summed E-state index contributed by atoms with van der Waals surface area (Å²) in [6, 6.07) is 5.76. The number of carbonyl (C=O) groups excluding carboxylic acids is 2. The van der Waals surface area contributed by atoms with Crippen molar-refractivity contribution in [3.8, 4) is 0 Å². The third kappa shape index (κ3) is 2.53. The predicted octanol–water partition coefficient (Wildman–Crippen LogP) is 1.16. The maximum Gasteiger partial charge on any atom is 0.253 e. The van der Waals surface area contributed by atoms with Gasteiger partial charge in [0.2, 0.25) is 5.91 Å². The fourth-order valence-corrected chi connectivity index (χ4v) is 3.14. The van der Waals surface area contributed by atoms with Crippen LogP contribution in [0, 0.1) is 0 Å². The van der Waals surface area contributed by atoms with Gasteiger partial charge in [-0.2, -0.15) is 0 Å². The molecule has 2 N–H and O–H groups in total. The van der Waals surface area contributed by atoms with Crippen molar-refractivity contribution in [2.24, 2.45) is 5.73 Å². The topological polar surface area (TPSA) is 66.6 Å². The van der Waals surface area contributed by atoms with E-state index in [0.29, 0.717) is 25.1 Å². The highest BCUT2D eigenvalue weighted by Crippen LogP contribution is 2.30. The van der Waals surface area contributed by atoms with Crippen LogP contribution in [0.1, 0.15) is 35.7 Å². The van der Waals surface area contributed by atoms with Crippen LogP contribution >= 0.6 is 0 Å². The molecule has 2 heterocycles. The molecule has 5 nitrogen and oxygen atoms in total. The SMILES string of the molecule is CCC(=O)N1CCc2cc(C(=O)N3CC[C@H](N)C3)ccc21. The standard InChI is InChI=1S/C16H21N3O2/c1-2-15(20)19-8-5-11-9-12(3-4-14(11)19)16(21)18-7-6-13(17)10-18/h3-4,9,13H,2,5-8,10,17H2,1H3/t13-/m0/s1. The molecule has 0 aliphatic carbocycles. The highest BCUT2D eigenvalue weighted by Gasteiger charge is 2.27. The average molecular weight is 287 g/mol. The number of fused-ring (bicyclic) bond motifs is 1. The van der Waals surface area contributed by atoms with E-state index in [4.69, 9.17) is 5.73 Å². The molecule has 2 amide bonds. The summed E-state index contributed by atoms with van der Waals surface area (Å²) in [5.74, 6) is 0.185. The lowest BCUT2D eigenvalue weighted by molar-refractivity contribution is -0.118. The molecule has 1 fully saturated rings. The Hall–Kier alpha value is -1.88. The van der Waals surface area contributed by atoms with Gasteiger partial charge in [-0.05, 0) is 36.6 Å². The normalized spacial score (nSPS) is 20.8. The highest BCUT2D eigenvalue weighted by molar-refractivity contribution is 5.98. The van der Waals surface area contributed by atoms with Crippen molar-refractivity contribution in [2.75, 3.05) is 24.5 Å². The van der Waals surface area contributed by atoms with Crippen LogP contribution in [0.3, 0.4) is 0 Å². The molecule has 1 aromatic carbocycles. The van der Waals surface area contributed by atoms with E-state index in [1.54, 1.807) is 0 Å². The Balaban J connectivity index is 1.81. The molecule has 0 radical (unpaired) electrons.